The Morgan fingerprint density at radius 3 is 2.57 bits per heavy atom. The molecule has 0 bridgehead atoms. The van der Waals surface area contributed by atoms with Crippen LogP contribution in [0.1, 0.15) is 35.4 Å². The van der Waals surface area contributed by atoms with E-state index in [4.69, 9.17) is 4.52 Å². The summed E-state index contributed by atoms with van der Waals surface area (Å²) < 4.78 is 5.46. The predicted molar refractivity (Wildman–Crippen MR) is 115 cm³/mol. The van der Waals surface area contributed by atoms with Crippen LogP contribution in [0.2, 0.25) is 0 Å². The van der Waals surface area contributed by atoms with Gasteiger partial charge in [-0.05, 0) is 50.9 Å². The Kier molecular flexibility index (Phi) is 6.23. The van der Waals surface area contributed by atoms with Gasteiger partial charge in [0.25, 0.3) is 0 Å². The third-order valence-corrected chi connectivity index (χ3v) is 5.76. The van der Waals surface area contributed by atoms with Crippen LogP contribution in [0.3, 0.4) is 0 Å². The molecular weight excluding hydrogens is 376 g/mol. The van der Waals surface area contributed by atoms with Gasteiger partial charge in [-0.25, -0.2) is 0 Å². The number of nitrogens with zero attached hydrogens (tertiary/aromatic N) is 3. The molecule has 6 heteroatoms. The Bertz CT molecular complexity index is 988. The maximum Gasteiger partial charge on any atom is 0.241 e. The molecule has 6 nitrogen and oxygen atoms in total. The lowest BCUT2D eigenvalue weighted by Crippen LogP contribution is -2.40. The maximum absolute atomic E-state index is 12.5. The van der Waals surface area contributed by atoms with Crippen molar-refractivity contribution >= 4 is 5.91 Å². The van der Waals surface area contributed by atoms with Crippen molar-refractivity contribution < 1.29 is 9.32 Å². The first-order valence-corrected chi connectivity index (χ1v) is 10.5. The minimum Gasteiger partial charge on any atom is -0.352 e. The van der Waals surface area contributed by atoms with Crippen LogP contribution in [0.4, 0.5) is 0 Å². The highest BCUT2D eigenvalue weighted by Gasteiger charge is 2.26. The molecule has 0 spiro atoms. The summed E-state index contributed by atoms with van der Waals surface area (Å²) in [5, 5.41) is 7.22. The Labute approximate surface area is 177 Å². The molecule has 1 aromatic heterocycles. The van der Waals surface area contributed by atoms with Gasteiger partial charge in [0, 0.05) is 18.0 Å². The van der Waals surface area contributed by atoms with E-state index in [-0.39, 0.29) is 11.8 Å². The minimum absolute atomic E-state index is 0.0666. The van der Waals surface area contributed by atoms with Crippen LogP contribution in [0, 0.1) is 19.8 Å². The second-order valence-corrected chi connectivity index (χ2v) is 8.08. The zero-order valence-corrected chi connectivity index (χ0v) is 17.6. The van der Waals surface area contributed by atoms with E-state index < -0.39 is 0 Å². The van der Waals surface area contributed by atoms with Crippen LogP contribution in [0.5, 0.6) is 0 Å². The molecule has 1 N–H and O–H groups in total. The number of rotatable bonds is 6. The molecule has 0 unspecified atom stereocenters. The molecule has 30 heavy (non-hydrogen) atoms. The Balaban J connectivity index is 1.25. The first kappa shape index (κ1) is 20.3. The molecule has 0 atom stereocenters. The summed E-state index contributed by atoms with van der Waals surface area (Å²) in [6, 6.07) is 16.3. The Morgan fingerprint density at radius 1 is 1.10 bits per heavy atom. The number of hydrogen-bond acceptors (Lipinski definition) is 5. The first-order valence-electron chi connectivity index (χ1n) is 10.5. The maximum atomic E-state index is 12.5. The van der Waals surface area contributed by atoms with Crippen LogP contribution < -0.4 is 5.32 Å². The highest BCUT2D eigenvalue weighted by Crippen LogP contribution is 2.22. The van der Waals surface area contributed by atoms with Gasteiger partial charge >= 0.3 is 0 Å². The van der Waals surface area contributed by atoms with E-state index in [1.165, 1.54) is 5.56 Å². The summed E-state index contributed by atoms with van der Waals surface area (Å²) in [5.74, 6) is 1.47. The number of amides is 1. The minimum atomic E-state index is 0.0666. The van der Waals surface area contributed by atoms with Crippen molar-refractivity contribution in [2.45, 2.75) is 39.8 Å². The number of aryl methyl sites for hydroxylation is 2. The number of nitrogens with one attached hydrogen (secondary N) is 1. The van der Waals surface area contributed by atoms with Gasteiger partial charge < -0.3 is 9.84 Å². The Morgan fingerprint density at radius 2 is 1.83 bits per heavy atom. The average molecular weight is 405 g/mol. The van der Waals surface area contributed by atoms with E-state index in [2.05, 4.69) is 51.5 Å². The number of benzene rings is 2. The standard InChI is InChI=1S/C24H28N4O2/c1-17-7-9-19(10-8-17)15-25-24(29)20-11-13-28(14-12-20)16-22-26-23(27-30-22)21-6-4-3-5-18(21)2/h3-10,20H,11-16H2,1-2H3,(H,25,29). The number of aromatic nitrogens is 2. The zero-order valence-electron chi connectivity index (χ0n) is 17.6. The lowest BCUT2D eigenvalue weighted by Gasteiger charge is -2.30. The molecule has 2 aromatic carbocycles. The van der Waals surface area contributed by atoms with Gasteiger partial charge in [0.15, 0.2) is 0 Å². The molecule has 0 saturated carbocycles. The predicted octanol–water partition coefficient (Wildman–Crippen LogP) is 3.88. The van der Waals surface area contributed by atoms with Crippen LogP contribution in [0.25, 0.3) is 11.4 Å². The SMILES string of the molecule is Cc1ccc(CNC(=O)C2CCN(Cc3nc(-c4ccccc4C)no3)CC2)cc1. The molecular formula is C24H28N4O2. The molecule has 1 amide bonds. The number of likely N-dealkylation sites (tertiary alicyclic amines) is 1. The van der Waals surface area contributed by atoms with Crippen molar-refractivity contribution in [2.75, 3.05) is 13.1 Å². The van der Waals surface area contributed by atoms with E-state index in [0.717, 1.165) is 42.6 Å². The van der Waals surface area contributed by atoms with Crippen LogP contribution in [-0.2, 0) is 17.9 Å². The van der Waals surface area contributed by atoms with E-state index in [1.54, 1.807) is 0 Å². The lowest BCUT2D eigenvalue weighted by atomic mass is 9.96. The van der Waals surface area contributed by atoms with Gasteiger partial charge in [0.1, 0.15) is 0 Å². The van der Waals surface area contributed by atoms with Gasteiger partial charge in [-0.3, -0.25) is 9.69 Å². The van der Waals surface area contributed by atoms with Crippen LogP contribution in [-0.4, -0.2) is 34.0 Å². The highest BCUT2D eigenvalue weighted by molar-refractivity contribution is 5.78. The topological polar surface area (TPSA) is 71.3 Å². The lowest BCUT2D eigenvalue weighted by molar-refractivity contribution is -0.126. The fourth-order valence-electron chi connectivity index (χ4n) is 3.84. The van der Waals surface area contributed by atoms with Crippen molar-refractivity contribution in [3.8, 4) is 11.4 Å². The number of carbonyl (C=O) groups is 1. The third-order valence-electron chi connectivity index (χ3n) is 5.76. The molecule has 4 rings (SSSR count). The van der Waals surface area contributed by atoms with E-state index in [9.17, 15) is 4.79 Å². The zero-order chi connectivity index (χ0) is 20.9. The summed E-state index contributed by atoms with van der Waals surface area (Å²) in [7, 11) is 0. The van der Waals surface area contributed by atoms with Crippen LogP contribution >= 0.6 is 0 Å². The van der Waals surface area contributed by atoms with Crippen molar-refractivity contribution in [2.24, 2.45) is 5.92 Å². The molecule has 1 fully saturated rings. The van der Waals surface area contributed by atoms with Crippen molar-refractivity contribution in [3.63, 3.8) is 0 Å². The molecule has 1 aliphatic heterocycles. The second-order valence-electron chi connectivity index (χ2n) is 8.08. The van der Waals surface area contributed by atoms with Gasteiger partial charge in [-0.2, -0.15) is 4.98 Å². The van der Waals surface area contributed by atoms with Crippen molar-refractivity contribution in [1.29, 1.82) is 0 Å². The van der Waals surface area contributed by atoms with Gasteiger partial charge in [0.2, 0.25) is 17.6 Å². The molecule has 1 aliphatic rings. The van der Waals surface area contributed by atoms with Gasteiger partial charge in [0.05, 0.1) is 6.54 Å². The monoisotopic (exact) mass is 404 g/mol. The summed E-state index contributed by atoms with van der Waals surface area (Å²) in [6.45, 7) is 7.02. The molecule has 156 valence electrons. The number of carbonyl (C=O) groups excluding carboxylic acids is 1. The van der Waals surface area contributed by atoms with E-state index in [0.29, 0.717) is 24.8 Å². The van der Waals surface area contributed by atoms with Gasteiger partial charge in [-0.1, -0.05) is 59.3 Å². The smallest absolute Gasteiger partial charge is 0.241 e. The molecule has 0 radical (unpaired) electrons. The summed E-state index contributed by atoms with van der Waals surface area (Å²) >= 11 is 0. The molecule has 1 saturated heterocycles. The highest BCUT2D eigenvalue weighted by atomic mass is 16.5. The molecule has 0 aliphatic carbocycles. The fourth-order valence-corrected chi connectivity index (χ4v) is 3.84. The summed E-state index contributed by atoms with van der Waals surface area (Å²) in [6.07, 6.45) is 1.69. The molecule has 3 aromatic rings. The van der Waals surface area contributed by atoms with Crippen molar-refractivity contribution in [1.82, 2.24) is 20.4 Å². The van der Waals surface area contributed by atoms with E-state index in [1.807, 2.05) is 31.2 Å². The van der Waals surface area contributed by atoms with Crippen LogP contribution in [0.15, 0.2) is 53.1 Å². The van der Waals surface area contributed by atoms with Crippen molar-refractivity contribution in [3.05, 3.63) is 71.1 Å². The number of hydrogen-bond donors (Lipinski definition) is 1. The largest absolute Gasteiger partial charge is 0.352 e. The molecule has 2 heterocycles. The van der Waals surface area contributed by atoms with E-state index >= 15 is 0 Å². The number of piperidine rings is 1. The fraction of sp³-hybridized carbons (Fsp3) is 0.375. The quantitative estimate of drug-likeness (QED) is 0.675. The third kappa shape index (κ3) is 4.94. The Hall–Kier alpha value is -2.99. The second kappa shape index (κ2) is 9.22. The normalized spacial score (nSPS) is 15.3. The first-order chi connectivity index (χ1) is 14.6. The summed E-state index contributed by atoms with van der Waals surface area (Å²) in [5.41, 5.74) is 4.48. The average Bonchev–Trinajstić information content (AvgIpc) is 3.22. The summed E-state index contributed by atoms with van der Waals surface area (Å²) in [4.78, 5) is 19.4. The van der Waals surface area contributed by atoms with Gasteiger partial charge in [-0.15, -0.1) is 0 Å².